The molecule has 176 valence electrons. The normalized spacial score (nSPS) is 12.8. The zero-order valence-electron chi connectivity index (χ0n) is 19.1. The Labute approximate surface area is 194 Å². The second-order valence-corrected chi connectivity index (χ2v) is 10.0. The van der Waals surface area contributed by atoms with Crippen molar-refractivity contribution < 1.29 is 18.7 Å². The summed E-state index contributed by atoms with van der Waals surface area (Å²) in [4.78, 5) is 11.3. The first-order valence-corrected chi connectivity index (χ1v) is 11.7. The number of carbonyl (C=O) groups excluding carboxylic acids is 1. The number of hydrogen-bond donors (Lipinski definition) is 2. The van der Waals surface area contributed by atoms with Gasteiger partial charge in [0.05, 0.1) is 6.10 Å². The molecular weight excluding hydrogens is 430 g/mol. The molecule has 0 heterocycles. The molecular formula is C25H34F2N2O2S. The number of aliphatic hydroxyl groups excluding tert-OH is 1. The molecule has 0 amide bonds. The first-order valence-electron chi connectivity index (χ1n) is 11.0. The average molecular weight is 465 g/mol. The molecule has 0 radical (unpaired) electrons. The van der Waals surface area contributed by atoms with E-state index in [1.54, 1.807) is 6.07 Å². The van der Waals surface area contributed by atoms with Gasteiger partial charge in [-0.25, -0.2) is 13.1 Å². The Morgan fingerprint density at radius 1 is 1.19 bits per heavy atom. The monoisotopic (exact) mass is 464 g/mol. The maximum atomic E-state index is 13.9. The fourth-order valence-electron chi connectivity index (χ4n) is 3.53. The number of β-amino-alcohol motifs (C(OH)–C–C–N with tert-alkyl or cyclic N) is 1. The molecule has 0 aromatic heterocycles. The molecule has 0 aliphatic rings. The SMILES string of the molecule is CN(CC(O)CNC(C)(C)CCCc1ccccc1F)Sc1cc(F)cc(CCC=O)c1. The topological polar surface area (TPSA) is 52.6 Å². The fraction of sp³-hybridized carbons (Fsp3) is 0.480. The van der Waals surface area contributed by atoms with Crippen LogP contribution >= 0.6 is 11.9 Å². The number of halogens is 2. The van der Waals surface area contributed by atoms with Crippen LogP contribution in [0, 0.1) is 11.6 Å². The highest BCUT2D eigenvalue weighted by Gasteiger charge is 2.19. The summed E-state index contributed by atoms with van der Waals surface area (Å²) in [5.74, 6) is -0.493. The number of rotatable bonds is 14. The summed E-state index contributed by atoms with van der Waals surface area (Å²) >= 11 is 1.36. The van der Waals surface area contributed by atoms with Crippen molar-refractivity contribution in [2.45, 2.75) is 62.5 Å². The zero-order chi connectivity index (χ0) is 23.6. The number of nitrogens with zero attached hydrogens (tertiary/aromatic N) is 1. The standard InChI is InChI=1S/C25H34F2N2O2S/c1-25(2,12-6-10-20-9-4-5-11-24(20)27)28-17-22(31)18-29(3)32-23-15-19(8-7-13-30)14-21(26)16-23/h4-5,9,11,13-16,22,28,31H,6-8,10,12,17-18H2,1-3H3. The van der Waals surface area contributed by atoms with Crippen LogP contribution in [0.3, 0.4) is 0 Å². The molecule has 0 aliphatic carbocycles. The van der Waals surface area contributed by atoms with Crippen molar-refractivity contribution in [1.29, 1.82) is 0 Å². The van der Waals surface area contributed by atoms with E-state index in [-0.39, 0.29) is 17.2 Å². The number of likely N-dealkylation sites (N-methyl/N-ethyl adjacent to an activating group) is 1. The van der Waals surface area contributed by atoms with Crippen LogP contribution in [0.4, 0.5) is 8.78 Å². The van der Waals surface area contributed by atoms with E-state index in [0.717, 1.165) is 35.2 Å². The Morgan fingerprint density at radius 3 is 2.66 bits per heavy atom. The van der Waals surface area contributed by atoms with Crippen molar-refractivity contribution in [3.05, 3.63) is 65.2 Å². The van der Waals surface area contributed by atoms with Crippen molar-refractivity contribution in [3.8, 4) is 0 Å². The van der Waals surface area contributed by atoms with E-state index >= 15 is 0 Å². The third kappa shape index (κ3) is 9.77. The average Bonchev–Trinajstić information content (AvgIpc) is 2.71. The molecule has 1 atom stereocenters. The largest absolute Gasteiger partial charge is 0.390 e. The Morgan fingerprint density at radius 2 is 1.94 bits per heavy atom. The van der Waals surface area contributed by atoms with Gasteiger partial charge in [0.15, 0.2) is 0 Å². The third-order valence-electron chi connectivity index (χ3n) is 5.23. The molecule has 1 unspecified atom stereocenters. The predicted octanol–water partition coefficient (Wildman–Crippen LogP) is 4.79. The van der Waals surface area contributed by atoms with Gasteiger partial charge < -0.3 is 15.2 Å². The van der Waals surface area contributed by atoms with Crippen LogP contribution in [0.5, 0.6) is 0 Å². The van der Waals surface area contributed by atoms with E-state index in [0.29, 0.717) is 32.4 Å². The Kier molecular flexibility index (Phi) is 10.8. The molecule has 0 saturated heterocycles. The van der Waals surface area contributed by atoms with Crippen LogP contribution in [0.15, 0.2) is 47.4 Å². The number of aldehydes is 1. The van der Waals surface area contributed by atoms with Gasteiger partial charge in [-0.15, -0.1) is 0 Å². The molecule has 2 rings (SSSR count). The van der Waals surface area contributed by atoms with Crippen LogP contribution in [0.2, 0.25) is 0 Å². The predicted molar refractivity (Wildman–Crippen MR) is 127 cm³/mol. The molecule has 0 bridgehead atoms. The third-order valence-corrected chi connectivity index (χ3v) is 6.14. The van der Waals surface area contributed by atoms with Gasteiger partial charge in [0.1, 0.15) is 17.9 Å². The van der Waals surface area contributed by atoms with Crippen LogP contribution in [-0.4, -0.2) is 47.5 Å². The molecule has 2 N–H and O–H groups in total. The first-order chi connectivity index (χ1) is 15.2. The number of hydrogen-bond acceptors (Lipinski definition) is 5. The lowest BCUT2D eigenvalue weighted by molar-refractivity contribution is -0.107. The van der Waals surface area contributed by atoms with Crippen molar-refractivity contribution >= 4 is 18.2 Å². The van der Waals surface area contributed by atoms with E-state index in [1.165, 1.54) is 30.1 Å². The van der Waals surface area contributed by atoms with Gasteiger partial charge in [0.25, 0.3) is 0 Å². The highest BCUT2D eigenvalue weighted by Crippen LogP contribution is 2.24. The lowest BCUT2D eigenvalue weighted by atomic mass is 9.95. The Balaban J connectivity index is 1.75. The highest BCUT2D eigenvalue weighted by molar-refractivity contribution is 7.97. The summed E-state index contributed by atoms with van der Waals surface area (Å²) < 4.78 is 29.5. The molecule has 2 aromatic carbocycles. The molecule has 0 saturated carbocycles. The van der Waals surface area contributed by atoms with E-state index in [2.05, 4.69) is 19.2 Å². The van der Waals surface area contributed by atoms with Crippen LogP contribution < -0.4 is 5.32 Å². The smallest absolute Gasteiger partial charge is 0.126 e. The minimum atomic E-state index is -0.596. The van der Waals surface area contributed by atoms with Gasteiger partial charge in [-0.05, 0) is 93.9 Å². The molecule has 0 spiro atoms. The number of carbonyl (C=O) groups is 1. The van der Waals surface area contributed by atoms with Gasteiger partial charge in [-0.3, -0.25) is 0 Å². The minimum Gasteiger partial charge on any atom is -0.390 e. The molecule has 0 aliphatic heterocycles. The highest BCUT2D eigenvalue weighted by atomic mass is 32.2. The fourth-order valence-corrected chi connectivity index (χ4v) is 4.50. The van der Waals surface area contributed by atoms with Gasteiger partial charge in [0, 0.05) is 29.9 Å². The summed E-state index contributed by atoms with van der Waals surface area (Å²) in [6, 6.07) is 11.6. The van der Waals surface area contributed by atoms with Crippen LogP contribution in [0.1, 0.15) is 44.2 Å². The van der Waals surface area contributed by atoms with Crippen LogP contribution in [-0.2, 0) is 17.6 Å². The first kappa shape index (κ1) is 26.5. The molecule has 32 heavy (non-hydrogen) atoms. The lowest BCUT2D eigenvalue weighted by Crippen LogP contribution is -2.45. The lowest BCUT2D eigenvalue weighted by Gasteiger charge is -2.29. The van der Waals surface area contributed by atoms with Crippen LogP contribution in [0.25, 0.3) is 0 Å². The van der Waals surface area contributed by atoms with Gasteiger partial charge >= 0.3 is 0 Å². The number of benzene rings is 2. The van der Waals surface area contributed by atoms with Gasteiger partial charge in [-0.1, -0.05) is 18.2 Å². The summed E-state index contributed by atoms with van der Waals surface area (Å²) in [5.41, 5.74) is 1.33. The summed E-state index contributed by atoms with van der Waals surface area (Å²) in [6.45, 7) is 4.98. The summed E-state index contributed by atoms with van der Waals surface area (Å²) in [5, 5.41) is 13.8. The molecule has 7 heteroatoms. The Bertz CT molecular complexity index is 864. The maximum absolute atomic E-state index is 13.9. The summed E-state index contributed by atoms with van der Waals surface area (Å²) in [7, 11) is 1.85. The van der Waals surface area contributed by atoms with E-state index in [1.807, 2.05) is 29.6 Å². The van der Waals surface area contributed by atoms with Crippen molar-refractivity contribution in [2.75, 3.05) is 20.1 Å². The van der Waals surface area contributed by atoms with E-state index in [4.69, 9.17) is 0 Å². The quantitative estimate of drug-likeness (QED) is 0.311. The number of aliphatic hydroxyl groups is 1. The Hall–Kier alpha value is -1.80. The van der Waals surface area contributed by atoms with E-state index < -0.39 is 6.10 Å². The molecule has 4 nitrogen and oxygen atoms in total. The van der Waals surface area contributed by atoms with Crippen molar-refractivity contribution in [2.24, 2.45) is 0 Å². The summed E-state index contributed by atoms with van der Waals surface area (Å²) in [6.07, 6.45) is 3.49. The van der Waals surface area contributed by atoms with Crippen molar-refractivity contribution in [3.63, 3.8) is 0 Å². The van der Waals surface area contributed by atoms with Gasteiger partial charge in [-0.2, -0.15) is 0 Å². The minimum absolute atomic E-state index is 0.164. The molecule has 2 aromatic rings. The second kappa shape index (κ2) is 13.0. The van der Waals surface area contributed by atoms with Crippen molar-refractivity contribution in [1.82, 2.24) is 9.62 Å². The maximum Gasteiger partial charge on any atom is 0.126 e. The van der Waals surface area contributed by atoms with Gasteiger partial charge in [0.2, 0.25) is 0 Å². The molecule has 0 fully saturated rings. The number of aryl methyl sites for hydroxylation is 2. The second-order valence-electron chi connectivity index (χ2n) is 8.77. The van der Waals surface area contributed by atoms with E-state index in [9.17, 15) is 18.7 Å². The number of nitrogens with one attached hydrogen (secondary N) is 1. The zero-order valence-corrected chi connectivity index (χ0v) is 19.9.